The van der Waals surface area contributed by atoms with Gasteiger partial charge in [-0.2, -0.15) is 9.49 Å². The third kappa shape index (κ3) is 7.23. The van der Waals surface area contributed by atoms with Gasteiger partial charge in [-0.1, -0.05) is 6.07 Å². The van der Waals surface area contributed by atoms with E-state index >= 15 is 0 Å². The molecule has 1 atom stereocenters. The minimum absolute atomic E-state index is 0.117. The fourth-order valence-electron chi connectivity index (χ4n) is 9.32. The van der Waals surface area contributed by atoms with Gasteiger partial charge in [0.25, 0.3) is 5.91 Å². The van der Waals surface area contributed by atoms with Gasteiger partial charge in [-0.05, 0) is 86.4 Å². The third-order valence-electron chi connectivity index (χ3n) is 12.7. The SMILES string of the molecule is Cn1c(=O)n([C@@H]2CCC(=O)NC2=O)c2ccc(CCN3CCOC4(C3)CN(c3ccc5cn(C6CCC(CNC(=O)c7cc(F)c(O)c(F)c7F)CC6)nc5c3)C4)cc21. The minimum atomic E-state index is -1.78. The number of phenolic OH excluding ortho intramolecular Hbond substituents is 1. The minimum Gasteiger partial charge on any atom is -0.503 e. The summed E-state index contributed by atoms with van der Waals surface area (Å²) >= 11 is 0. The standard InChI is InChI=1S/C42H45F3N8O6/c1-49-34-16-24(4-9-32(34)53(41(49)58)33-10-11-35(54)47-40(33)57)12-13-50-14-15-59-42(21-50)22-51(23-42)28-8-5-26-20-52(48-31(26)17-28)27-6-2-25(3-7-27)19-46-39(56)29-18-30(43)38(55)37(45)36(29)44/h4-5,8-9,16-18,20,25,27,33,55H,2-3,6-7,10-15,19,21-23H2,1H3,(H,46,56)(H,47,54,57)/t25?,27?,33-/m1/s1. The molecule has 17 heteroatoms. The Morgan fingerprint density at radius 1 is 0.983 bits per heavy atom. The van der Waals surface area contributed by atoms with Crippen molar-refractivity contribution in [1.29, 1.82) is 0 Å². The predicted octanol–water partition coefficient (Wildman–Crippen LogP) is 4.09. The van der Waals surface area contributed by atoms with E-state index in [-0.39, 0.29) is 42.1 Å². The number of imidazole rings is 1. The number of phenols is 1. The van der Waals surface area contributed by atoms with Crippen LogP contribution in [0.25, 0.3) is 21.9 Å². The van der Waals surface area contributed by atoms with Crippen molar-refractivity contribution in [2.45, 2.75) is 62.6 Å². The van der Waals surface area contributed by atoms with Crippen LogP contribution in [0.5, 0.6) is 5.75 Å². The molecule has 1 spiro atoms. The van der Waals surface area contributed by atoms with Crippen LogP contribution in [0.4, 0.5) is 18.9 Å². The zero-order chi connectivity index (χ0) is 41.2. The van der Waals surface area contributed by atoms with Crippen LogP contribution in [-0.2, 0) is 27.8 Å². The zero-order valence-corrected chi connectivity index (χ0v) is 32.6. The van der Waals surface area contributed by atoms with Crippen LogP contribution in [0, 0.1) is 23.4 Å². The number of hydrogen-bond donors (Lipinski definition) is 3. The first-order valence-electron chi connectivity index (χ1n) is 20.1. The van der Waals surface area contributed by atoms with Gasteiger partial charge in [0, 0.05) is 56.9 Å². The van der Waals surface area contributed by atoms with Gasteiger partial charge in [0.1, 0.15) is 11.6 Å². The summed E-state index contributed by atoms with van der Waals surface area (Å²) < 4.78 is 53.1. The van der Waals surface area contributed by atoms with E-state index in [1.165, 1.54) is 4.57 Å². The first-order chi connectivity index (χ1) is 28.4. The van der Waals surface area contributed by atoms with Crippen molar-refractivity contribution in [3.8, 4) is 5.75 Å². The van der Waals surface area contributed by atoms with Gasteiger partial charge < -0.3 is 20.1 Å². The molecule has 3 aromatic carbocycles. The van der Waals surface area contributed by atoms with Crippen molar-refractivity contribution < 1.29 is 37.4 Å². The predicted molar refractivity (Wildman–Crippen MR) is 211 cm³/mol. The number of benzene rings is 3. The van der Waals surface area contributed by atoms with Gasteiger partial charge in [0.15, 0.2) is 17.4 Å². The highest BCUT2D eigenvalue weighted by atomic mass is 19.2. The molecule has 5 heterocycles. The Morgan fingerprint density at radius 2 is 1.78 bits per heavy atom. The van der Waals surface area contributed by atoms with Crippen molar-refractivity contribution in [2.24, 2.45) is 13.0 Å². The van der Waals surface area contributed by atoms with E-state index in [4.69, 9.17) is 9.84 Å². The fourth-order valence-corrected chi connectivity index (χ4v) is 9.32. The van der Waals surface area contributed by atoms with Crippen LogP contribution in [0.1, 0.15) is 66.5 Å². The number of anilines is 1. The molecule has 4 aliphatic rings. The molecular formula is C42H45F3N8O6. The monoisotopic (exact) mass is 814 g/mol. The van der Waals surface area contributed by atoms with Crippen LogP contribution >= 0.6 is 0 Å². The van der Waals surface area contributed by atoms with Gasteiger partial charge in [0.2, 0.25) is 17.6 Å². The lowest BCUT2D eigenvalue weighted by atomic mass is 9.86. The molecule has 310 valence electrons. The van der Waals surface area contributed by atoms with Crippen LogP contribution in [0.15, 0.2) is 53.5 Å². The van der Waals surface area contributed by atoms with E-state index < -0.39 is 46.6 Å². The molecule has 2 aromatic heterocycles. The number of aromatic nitrogens is 4. The number of aromatic hydroxyl groups is 1. The van der Waals surface area contributed by atoms with E-state index in [0.29, 0.717) is 24.6 Å². The lowest BCUT2D eigenvalue weighted by Crippen LogP contribution is -2.70. The molecule has 59 heavy (non-hydrogen) atoms. The summed E-state index contributed by atoms with van der Waals surface area (Å²) in [5, 5.41) is 20.2. The summed E-state index contributed by atoms with van der Waals surface area (Å²) in [6.07, 6.45) is 6.58. The van der Waals surface area contributed by atoms with Gasteiger partial charge in [-0.3, -0.25) is 38.4 Å². The number of fused-ring (bicyclic) bond motifs is 2. The smallest absolute Gasteiger partial charge is 0.329 e. The second-order valence-corrected chi connectivity index (χ2v) is 16.5. The van der Waals surface area contributed by atoms with Gasteiger partial charge in [0.05, 0.1) is 47.9 Å². The number of halogens is 3. The number of ether oxygens (including phenoxy) is 1. The highest BCUT2D eigenvalue weighted by Gasteiger charge is 2.47. The molecule has 9 rings (SSSR count). The average molecular weight is 815 g/mol. The second kappa shape index (κ2) is 15.2. The molecule has 0 unspecified atom stereocenters. The molecule has 4 fully saturated rings. The van der Waals surface area contributed by atoms with E-state index in [1.807, 2.05) is 22.9 Å². The number of morpholine rings is 1. The van der Waals surface area contributed by atoms with Crippen molar-refractivity contribution in [3.63, 3.8) is 0 Å². The van der Waals surface area contributed by atoms with Gasteiger partial charge in [-0.25, -0.2) is 13.6 Å². The molecule has 3 N–H and O–H groups in total. The number of hydrogen-bond acceptors (Lipinski definition) is 9. The lowest BCUT2D eigenvalue weighted by Gasteiger charge is -2.54. The average Bonchev–Trinajstić information content (AvgIpc) is 3.76. The lowest BCUT2D eigenvalue weighted by molar-refractivity contribution is -0.135. The van der Waals surface area contributed by atoms with Crippen molar-refractivity contribution in [3.05, 3.63) is 87.7 Å². The van der Waals surface area contributed by atoms with Crippen molar-refractivity contribution in [1.82, 2.24) is 34.4 Å². The first kappa shape index (κ1) is 38.8. The van der Waals surface area contributed by atoms with Crippen LogP contribution < -0.4 is 21.2 Å². The first-order valence-corrected chi connectivity index (χ1v) is 20.1. The Balaban J connectivity index is 0.770. The highest BCUT2D eigenvalue weighted by molar-refractivity contribution is 6.00. The number of nitrogens with zero attached hydrogens (tertiary/aromatic N) is 6. The van der Waals surface area contributed by atoms with E-state index in [0.717, 1.165) is 92.5 Å². The summed E-state index contributed by atoms with van der Waals surface area (Å²) in [5.74, 6) is -7.79. The molecule has 1 saturated carbocycles. The van der Waals surface area contributed by atoms with Crippen molar-refractivity contribution in [2.75, 3.05) is 50.8 Å². The number of amides is 3. The number of imide groups is 1. The van der Waals surface area contributed by atoms with E-state index in [1.54, 1.807) is 11.6 Å². The zero-order valence-electron chi connectivity index (χ0n) is 32.6. The second-order valence-electron chi connectivity index (χ2n) is 16.5. The summed E-state index contributed by atoms with van der Waals surface area (Å²) in [7, 11) is 1.71. The van der Waals surface area contributed by atoms with Crippen LogP contribution in [0.3, 0.4) is 0 Å². The number of nitrogens with one attached hydrogen (secondary N) is 2. The van der Waals surface area contributed by atoms with Crippen molar-refractivity contribution >= 4 is 45.3 Å². The molecule has 14 nitrogen and oxygen atoms in total. The van der Waals surface area contributed by atoms with E-state index in [2.05, 4.69) is 44.8 Å². The Labute approximate surface area is 336 Å². The Kier molecular flexibility index (Phi) is 9.98. The quantitative estimate of drug-likeness (QED) is 0.148. The molecule has 1 aliphatic carbocycles. The van der Waals surface area contributed by atoms with Crippen LogP contribution in [0.2, 0.25) is 0 Å². The summed E-state index contributed by atoms with van der Waals surface area (Å²) in [6, 6.07) is 12.2. The Bertz CT molecular complexity index is 2550. The largest absolute Gasteiger partial charge is 0.503 e. The number of carbonyl (C=O) groups excluding carboxylic acids is 3. The summed E-state index contributed by atoms with van der Waals surface area (Å²) in [6.45, 7) is 4.89. The van der Waals surface area contributed by atoms with Gasteiger partial charge in [-0.15, -0.1) is 0 Å². The molecule has 3 saturated heterocycles. The Hall–Kier alpha value is -5.68. The third-order valence-corrected chi connectivity index (χ3v) is 12.7. The van der Waals surface area contributed by atoms with Gasteiger partial charge >= 0.3 is 5.69 Å². The molecule has 0 radical (unpaired) electrons. The molecule has 5 aromatic rings. The molecule has 0 bridgehead atoms. The summed E-state index contributed by atoms with van der Waals surface area (Å²) in [4.78, 5) is 54.7. The number of carbonyl (C=O) groups is 3. The molecular weight excluding hydrogens is 770 g/mol. The topological polar surface area (TPSA) is 156 Å². The maximum absolute atomic E-state index is 14.2. The molecule has 3 amide bonds. The summed E-state index contributed by atoms with van der Waals surface area (Å²) in [5.41, 5.74) is 3.20. The van der Waals surface area contributed by atoms with E-state index in [9.17, 15) is 37.5 Å². The number of aryl methyl sites for hydroxylation is 1. The number of piperidine rings is 1. The highest BCUT2D eigenvalue weighted by Crippen LogP contribution is 2.37. The number of rotatable bonds is 9. The maximum Gasteiger partial charge on any atom is 0.329 e. The fraction of sp³-hybridized carbons (Fsp3) is 0.452. The maximum atomic E-state index is 14.2. The van der Waals surface area contributed by atoms with Crippen LogP contribution in [-0.4, -0.2) is 98.1 Å². The normalized spacial score (nSPS) is 22.2. The Morgan fingerprint density at radius 3 is 2.56 bits per heavy atom. The molecule has 3 aliphatic heterocycles.